The molecule has 1 N–H and O–H groups in total. The Morgan fingerprint density at radius 2 is 2.20 bits per heavy atom. The Labute approximate surface area is 117 Å². The number of pyridine rings is 1. The molecule has 1 aromatic carbocycles. The predicted molar refractivity (Wildman–Crippen MR) is 77.1 cm³/mol. The molecule has 0 saturated heterocycles. The monoisotopic (exact) mass is 269 g/mol. The lowest BCUT2D eigenvalue weighted by atomic mass is 10.1. The van der Waals surface area contributed by atoms with Gasteiger partial charge in [0.2, 0.25) is 0 Å². The van der Waals surface area contributed by atoms with Gasteiger partial charge in [-0.2, -0.15) is 0 Å². The molecule has 1 aliphatic heterocycles. The van der Waals surface area contributed by atoms with Crippen molar-refractivity contribution >= 4 is 0 Å². The summed E-state index contributed by atoms with van der Waals surface area (Å²) in [7, 11) is 0. The third-order valence-corrected chi connectivity index (χ3v) is 3.37. The molecule has 0 amide bonds. The summed E-state index contributed by atoms with van der Waals surface area (Å²) in [6, 6.07) is 10.5. The van der Waals surface area contributed by atoms with Crippen LogP contribution >= 0.6 is 0 Å². The lowest BCUT2D eigenvalue weighted by Gasteiger charge is -2.16. The highest BCUT2D eigenvalue weighted by atomic mass is 19.1. The van der Waals surface area contributed by atoms with Gasteiger partial charge in [0, 0.05) is 18.0 Å². The minimum atomic E-state index is -0.238. The molecule has 2 heterocycles. The molecule has 1 aromatic heterocycles. The van der Waals surface area contributed by atoms with Crippen molar-refractivity contribution in [3.8, 4) is 11.3 Å². The van der Waals surface area contributed by atoms with Gasteiger partial charge in [0.15, 0.2) is 0 Å². The molecule has 0 saturated carbocycles. The van der Waals surface area contributed by atoms with Crippen LogP contribution in [0.25, 0.3) is 11.3 Å². The predicted octanol–water partition coefficient (Wildman–Crippen LogP) is 3.03. The van der Waals surface area contributed by atoms with Gasteiger partial charge in [-0.15, -0.1) is 0 Å². The maximum absolute atomic E-state index is 13.3. The van der Waals surface area contributed by atoms with E-state index in [0.717, 1.165) is 35.7 Å². The fraction of sp³-hybridized carbons (Fsp3) is 0.188. The van der Waals surface area contributed by atoms with Gasteiger partial charge in [-0.05, 0) is 30.7 Å². The number of nitrogens with zero attached hydrogens (tertiary/aromatic N) is 2. The van der Waals surface area contributed by atoms with Crippen LogP contribution in [0.5, 0.6) is 0 Å². The number of nitrogens with one attached hydrogen (secondary N) is 1. The minimum absolute atomic E-state index is 0.238. The van der Waals surface area contributed by atoms with Crippen molar-refractivity contribution in [2.24, 2.45) is 0 Å². The Bertz CT molecular complexity index is 652. The first kappa shape index (κ1) is 12.7. The largest absolute Gasteiger partial charge is 0.373 e. The van der Waals surface area contributed by atoms with Gasteiger partial charge in [0.1, 0.15) is 5.82 Å². The van der Waals surface area contributed by atoms with E-state index in [2.05, 4.69) is 15.2 Å². The molecule has 0 bridgehead atoms. The maximum atomic E-state index is 13.3. The smallest absolute Gasteiger partial charge is 0.123 e. The third-order valence-electron chi connectivity index (χ3n) is 3.37. The summed E-state index contributed by atoms with van der Waals surface area (Å²) < 4.78 is 13.3. The van der Waals surface area contributed by atoms with Crippen molar-refractivity contribution < 1.29 is 4.39 Å². The SMILES string of the molecule is Cc1ccc(-c2cccc(F)c2)nc1CN1C=CNC1. The van der Waals surface area contributed by atoms with E-state index in [1.807, 2.05) is 37.5 Å². The van der Waals surface area contributed by atoms with E-state index in [1.165, 1.54) is 12.1 Å². The van der Waals surface area contributed by atoms with E-state index in [-0.39, 0.29) is 5.82 Å². The quantitative estimate of drug-likeness (QED) is 0.928. The van der Waals surface area contributed by atoms with Crippen LogP contribution in [0.15, 0.2) is 48.8 Å². The van der Waals surface area contributed by atoms with Crippen LogP contribution in [0.2, 0.25) is 0 Å². The Hall–Kier alpha value is -2.36. The highest BCUT2D eigenvalue weighted by Crippen LogP contribution is 2.20. The summed E-state index contributed by atoms with van der Waals surface area (Å²) in [5.74, 6) is -0.238. The summed E-state index contributed by atoms with van der Waals surface area (Å²) in [4.78, 5) is 6.82. The summed E-state index contributed by atoms with van der Waals surface area (Å²) >= 11 is 0. The van der Waals surface area contributed by atoms with Crippen molar-refractivity contribution in [2.45, 2.75) is 13.5 Å². The normalized spacial score (nSPS) is 13.6. The molecule has 0 atom stereocenters. The molecule has 102 valence electrons. The van der Waals surface area contributed by atoms with Gasteiger partial charge in [-0.25, -0.2) is 4.39 Å². The van der Waals surface area contributed by atoms with E-state index in [4.69, 9.17) is 0 Å². The number of hydrogen-bond donors (Lipinski definition) is 1. The van der Waals surface area contributed by atoms with E-state index < -0.39 is 0 Å². The van der Waals surface area contributed by atoms with Crippen molar-refractivity contribution in [1.82, 2.24) is 15.2 Å². The van der Waals surface area contributed by atoms with E-state index in [0.29, 0.717) is 0 Å². The lowest BCUT2D eigenvalue weighted by molar-refractivity contribution is 0.379. The molecule has 2 aromatic rings. The number of halogens is 1. The molecular weight excluding hydrogens is 253 g/mol. The molecule has 0 fully saturated rings. The van der Waals surface area contributed by atoms with Crippen LogP contribution in [-0.4, -0.2) is 16.6 Å². The first-order chi connectivity index (χ1) is 9.72. The van der Waals surface area contributed by atoms with Crippen LogP contribution in [0.4, 0.5) is 4.39 Å². The molecule has 3 nitrogen and oxygen atoms in total. The van der Waals surface area contributed by atoms with Gasteiger partial charge in [-0.3, -0.25) is 4.98 Å². The van der Waals surface area contributed by atoms with E-state index in [1.54, 1.807) is 6.07 Å². The number of benzene rings is 1. The second-order valence-electron chi connectivity index (χ2n) is 4.90. The molecule has 3 rings (SSSR count). The number of hydrogen-bond acceptors (Lipinski definition) is 3. The second kappa shape index (κ2) is 5.33. The first-order valence-corrected chi connectivity index (χ1v) is 6.59. The lowest BCUT2D eigenvalue weighted by Crippen LogP contribution is -2.21. The topological polar surface area (TPSA) is 28.2 Å². The Balaban J connectivity index is 1.91. The Kier molecular flexibility index (Phi) is 3.37. The average Bonchev–Trinajstić information content (AvgIpc) is 2.94. The van der Waals surface area contributed by atoms with Crippen LogP contribution < -0.4 is 5.32 Å². The van der Waals surface area contributed by atoms with Gasteiger partial charge in [-0.1, -0.05) is 18.2 Å². The van der Waals surface area contributed by atoms with Crippen LogP contribution in [-0.2, 0) is 6.54 Å². The van der Waals surface area contributed by atoms with E-state index >= 15 is 0 Å². The van der Waals surface area contributed by atoms with Crippen LogP contribution in [0.3, 0.4) is 0 Å². The molecule has 20 heavy (non-hydrogen) atoms. The standard InChI is InChI=1S/C16H16FN3/c1-12-5-6-15(13-3-2-4-14(17)9-13)19-16(12)10-20-8-7-18-11-20/h2-9,18H,10-11H2,1H3. The van der Waals surface area contributed by atoms with Crippen LogP contribution in [0.1, 0.15) is 11.3 Å². The van der Waals surface area contributed by atoms with Crippen molar-refractivity contribution in [3.05, 3.63) is 65.9 Å². The first-order valence-electron chi connectivity index (χ1n) is 6.59. The molecule has 0 radical (unpaired) electrons. The number of aromatic nitrogens is 1. The molecule has 0 spiro atoms. The summed E-state index contributed by atoms with van der Waals surface area (Å²) in [6.45, 7) is 3.59. The third kappa shape index (κ3) is 2.64. The Morgan fingerprint density at radius 3 is 2.95 bits per heavy atom. The highest BCUT2D eigenvalue weighted by molar-refractivity contribution is 5.59. The molecule has 4 heteroatoms. The van der Waals surface area contributed by atoms with Crippen molar-refractivity contribution in [1.29, 1.82) is 0 Å². The van der Waals surface area contributed by atoms with Crippen LogP contribution in [0, 0.1) is 12.7 Å². The van der Waals surface area contributed by atoms with Crippen molar-refractivity contribution in [2.75, 3.05) is 6.67 Å². The zero-order valence-corrected chi connectivity index (χ0v) is 11.3. The zero-order valence-electron chi connectivity index (χ0n) is 11.3. The van der Waals surface area contributed by atoms with E-state index in [9.17, 15) is 4.39 Å². The molecule has 0 aliphatic carbocycles. The Morgan fingerprint density at radius 1 is 1.30 bits per heavy atom. The maximum Gasteiger partial charge on any atom is 0.123 e. The number of rotatable bonds is 3. The van der Waals surface area contributed by atoms with Crippen molar-refractivity contribution in [3.63, 3.8) is 0 Å². The van der Waals surface area contributed by atoms with Gasteiger partial charge < -0.3 is 10.2 Å². The molecular formula is C16H16FN3. The molecule has 0 unspecified atom stereocenters. The molecule has 1 aliphatic rings. The fourth-order valence-corrected chi connectivity index (χ4v) is 2.22. The number of aryl methyl sites for hydroxylation is 1. The summed E-state index contributed by atoms with van der Waals surface area (Å²) in [6.07, 6.45) is 3.93. The van der Waals surface area contributed by atoms with Gasteiger partial charge in [0.05, 0.1) is 24.6 Å². The average molecular weight is 269 g/mol. The highest BCUT2D eigenvalue weighted by Gasteiger charge is 2.10. The van der Waals surface area contributed by atoms with Gasteiger partial charge >= 0.3 is 0 Å². The summed E-state index contributed by atoms with van der Waals surface area (Å²) in [5, 5.41) is 3.13. The fourth-order valence-electron chi connectivity index (χ4n) is 2.22. The second-order valence-corrected chi connectivity index (χ2v) is 4.90. The zero-order chi connectivity index (χ0) is 13.9. The minimum Gasteiger partial charge on any atom is -0.373 e. The summed E-state index contributed by atoms with van der Waals surface area (Å²) in [5.41, 5.74) is 3.77. The van der Waals surface area contributed by atoms with Gasteiger partial charge in [0.25, 0.3) is 0 Å².